The van der Waals surface area contributed by atoms with Crippen LogP contribution in [0.3, 0.4) is 0 Å². The maximum Gasteiger partial charge on any atom is 0.261 e. The van der Waals surface area contributed by atoms with Crippen molar-refractivity contribution in [2.45, 2.75) is 38.8 Å². The summed E-state index contributed by atoms with van der Waals surface area (Å²) in [7, 11) is 0. The Kier molecular flexibility index (Phi) is 4.27. The van der Waals surface area contributed by atoms with Crippen molar-refractivity contribution >= 4 is 22.5 Å². The quantitative estimate of drug-likeness (QED) is 0.871. The summed E-state index contributed by atoms with van der Waals surface area (Å²) < 4.78 is 1.70. The second-order valence-electron chi connectivity index (χ2n) is 5.79. The zero-order valence-electron chi connectivity index (χ0n) is 12.3. The molecule has 112 valence electrons. The number of aryl methyl sites for hydroxylation is 1. The Morgan fingerprint density at radius 2 is 2.10 bits per heavy atom. The van der Waals surface area contributed by atoms with Crippen LogP contribution in [-0.4, -0.2) is 33.6 Å². The number of hydrogen-bond donors (Lipinski definition) is 0. The van der Waals surface area contributed by atoms with Gasteiger partial charge in [0.05, 0.1) is 17.2 Å². The number of fused-ring (bicyclic) bond motifs is 1. The summed E-state index contributed by atoms with van der Waals surface area (Å²) in [5.41, 5.74) is 0.698. The van der Waals surface area contributed by atoms with E-state index in [1.807, 2.05) is 0 Å². The number of benzene rings is 1. The van der Waals surface area contributed by atoms with E-state index >= 15 is 0 Å². The van der Waals surface area contributed by atoms with Crippen LogP contribution in [-0.2, 0) is 6.54 Å². The largest absolute Gasteiger partial charge is 0.301 e. The van der Waals surface area contributed by atoms with Crippen LogP contribution in [0.25, 0.3) is 10.9 Å². The van der Waals surface area contributed by atoms with Gasteiger partial charge in [-0.3, -0.25) is 9.36 Å². The molecule has 5 heteroatoms. The van der Waals surface area contributed by atoms with E-state index in [2.05, 4.69) is 16.8 Å². The van der Waals surface area contributed by atoms with Crippen LogP contribution in [0.5, 0.6) is 0 Å². The average Bonchev–Trinajstić information content (AvgIpc) is 3.01. The minimum atomic E-state index is -0.00359. The maximum absolute atomic E-state index is 12.5. The molecule has 0 N–H and O–H groups in total. The fraction of sp³-hybridized carbons (Fsp3) is 0.500. The lowest BCUT2D eigenvalue weighted by Crippen LogP contribution is -2.32. The Morgan fingerprint density at radius 3 is 2.86 bits per heavy atom. The first kappa shape index (κ1) is 14.5. The Bertz CT molecular complexity index is 691. The number of hydrogen-bond acceptors (Lipinski definition) is 3. The third-order valence-corrected chi connectivity index (χ3v) is 4.57. The zero-order chi connectivity index (χ0) is 14.8. The Balaban J connectivity index is 1.77. The predicted molar refractivity (Wildman–Crippen MR) is 85.9 cm³/mol. The first-order valence-electron chi connectivity index (χ1n) is 7.54. The molecule has 0 amide bonds. The lowest BCUT2D eigenvalue weighted by Gasteiger charge is -2.23. The lowest BCUT2D eigenvalue weighted by molar-refractivity contribution is 0.239. The van der Waals surface area contributed by atoms with E-state index in [-0.39, 0.29) is 5.56 Å². The summed E-state index contributed by atoms with van der Waals surface area (Å²) in [6.07, 6.45) is 5.20. The molecule has 0 spiro atoms. The fourth-order valence-corrected chi connectivity index (χ4v) is 3.15. The lowest BCUT2D eigenvalue weighted by atomic mass is 10.2. The Labute approximate surface area is 129 Å². The summed E-state index contributed by atoms with van der Waals surface area (Å²) >= 11 is 5.97. The van der Waals surface area contributed by atoms with Gasteiger partial charge in [0.15, 0.2) is 0 Å². The normalized spacial score (nSPS) is 17.4. The van der Waals surface area contributed by atoms with Crippen LogP contribution in [0.2, 0.25) is 5.02 Å². The van der Waals surface area contributed by atoms with E-state index in [0.29, 0.717) is 28.5 Å². The van der Waals surface area contributed by atoms with Crippen LogP contribution in [0.4, 0.5) is 0 Å². The molecule has 1 aromatic heterocycles. The van der Waals surface area contributed by atoms with Gasteiger partial charge >= 0.3 is 0 Å². The summed E-state index contributed by atoms with van der Waals surface area (Å²) in [6, 6.07) is 5.76. The van der Waals surface area contributed by atoms with Gasteiger partial charge in [0, 0.05) is 17.6 Å². The van der Waals surface area contributed by atoms with E-state index in [1.165, 1.54) is 25.9 Å². The summed E-state index contributed by atoms with van der Waals surface area (Å²) in [5, 5.41) is 1.17. The van der Waals surface area contributed by atoms with Crippen molar-refractivity contribution in [2.24, 2.45) is 0 Å². The molecule has 2 heterocycles. The maximum atomic E-state index is 12.5. The summed E-state index contributed by atoms with van der Waals surface area (Å²) in [5.74, 6) is 0. The minimum absolute atomic E-state index is 0.00359. The van der Waals surface area contributed by atoms with Gasteiger partial charge in [-0.15, -0.1) is 0 Å². The molecular weight excluding hydrogens is 286 g/mol. The fourth-order valence-electron chi connectivity index (χ4n) is 2.98. The molecule has 1 aromatic carbocycles. The van der Waals surface area contributed by atoms with Crippen molar-refractivity contribution in [1.29, 1.82) is 0 Å². The molecule has 1 fully saturated rings. The number of nitrogens with zero attached hydrogens (tertiary/aromatic N) is 3. The number of likely N-dealkylation sites (tertiary alicyclic amines) is 1. The van der Waals surface area contributed by atoms with Crippen molar-refractivity contribution in [3.63, 3.8) is 0 Å². The Hall–Kier alpha value is -1.39. The van der Waals surface area contributed by atoms with Gasteiger partial charge in [-0.05, 0) is 57.5 Å². The molecule has 0 radical (unpaired) electrons. The van der Waals surface area contributed by atoms with Crippen LogP contribution < -0.4 is 5.56 Å². The van der Waals surface area contributed by atoms with Crippen molar-refractivity contribution in [3.05, 3.63) is 39.9 Å². The predicted octanol–water partition coefficient (Wildman–Crippen LogP) is 2.92. The summed E-state index contributed by atoms with van der Waals surface area (Å²) in [6.45, 7) is 5.30. The van der Waals surface area contributed by atoms with Crippen molar-refractivity contribution < 1.29 is 0 Å². The molecule has 0 aliphatic carbocycles. The highest BCUT2D eigenvalue weighted by molar-refractivity contribution is 6.31. The van der Waals surface area contributed by atoms with E-state index in [4.69, 9.17) is 11.6 Å². The van der Waals surface area contributed by atoms with Crippen LogP contribution in [0.15, 0.2) is 29.3 Å². The van der Waals surface area contributed by atoms with E-state index in [1.54, 1.807) is 29.1 Å². The van der Waals surface area contributed by atoms with Gasteiger partial charge in [0.2, 0.25) is 0 Å². The van der Waals surface area contributed by atoms with Crippen LogP contribution in [0, 0.1) is 0 Å². The highest BCUT2D eigenvalue weighted by atomic mass is 35.5. The molecule has 3 rings (SSSR count). The van der Waals surface area contributed by atoms with E-state index in [9.17, 15) is 4.79 Å². The van der Waals surface area contributed by atoms with E-state index < -0.39 is 0 Å². The SMILES string of the molecule is C[C@H](CCn1cnc2ccc(Cl)cc2c1=O)N1CCCC1. The molecule has 2 aromatic rings. The smallest absolute Gasteiger partial charge is 0.261 e. The van der Waals surface area contributed by atoms with Gasteiger partial charge in [0.1, 0.15) is 0 Å². The minimum Gasteiger partial charge on any atom is -0.301 e. The van der Waals surface area contributed by atoms with Gasteiger partial charge < -0.3 is 4.90 Å². The second-order valence-corrected chi connectivity index (χ2v) is 6.22. The summed E-state index contributed by atoms with van der Waals surface area (Å²) in [4.78, 5) is 19.3. The van der Waals surface area contributed by atoms with Crippen LogP contribution in [0.1, 0.15) is 26.2 Å². The van der Waals surface area contributed by atoms with Gasteiger partial charge in [-0.2, -0.15) is 0 Å². The number of rotatable bonds is 4. The second kappa shape index (κ2) is 6.16. The third kappa shape index (κ3) is 3.11. The van der Waals surface area contributed by atoms with Gasteiger partial charge in [0.25, 0.3) is 5.56 Å². The first-order valence-corrected chi connectivity index (χ1v) is 7.92. The average molecular weight is 306 g/mol. The number of halogens is 1. The molecule has 0 saturated carbocycles. The molecule has 1 atom stereocenters. The highest BCUT2D eigenvalue weighted by Gasteiger charge is 2.17. The molecule has 1 aliphatic rings. The van der Waals surface area contributed by atoms with Crippen molar-refractivity contribution in [2.75, 3.05) is 13.1 Å². The molecule has 1 saturated heterocycles. The van der Waals surface area contributed by atoms with Crippen molar-refractivity contribution in [3.8, 4) is 0 Å². The Morgan fingerprint density at radius 1 is 1.33 bits per heavy atom. The molecule has 0 bridgehead atoms. The van der Waals surface area contributed by atoms with Crippen molar-refractivity contribution in [1.82, 2.24) is 14.5 Å². The van der Waals surface area contributed by atoms with Gasteiger partial charge in [-0.1, -0.05) is 11.6 Å². The first-order chi connectivity index (χ1) is 10.1. The van der Waals surface area contributed by atoms with Crippen LogP contribution >= 0.6 is 11.6 Å². The number of aromatic nitrogens is 2. The monoisotopic (exact) mass is 305 g/mol. The highest BCUT2D eigenvalue weighted by Crippen LogP contribution is 2.16. The zero-order valence-corrected chi connectivity index (χ0v) is 13.0. The molecule has 0 unspecified atom stereocenters. The standard InChI is InChI=1S/C16H20ClN3O/c1-12(19-7-2-3-8-19)6-9-20-11-18-15-5-4-13(17)10-14(15)16(20)21/h4-5,10-12H,2-3,6-9H2,1H3/t12-/m1/s1. The van der Waals surface area contributed by atoms with E-state index in [0.717, 1.165) is 6.42 Å². The third-order valence-electron chi connectivity index (χ3n) is 4.34. The molecule has 1 aliphatic heterocycles. The molecular formula is C16H20ClN3O. The topological polar surface area (TPSA) is 38.1 Å². The molecule has 4 nitrogen and oxygen atoms in total. The molecule has 21 heavy (non-hydrogen) atoms. The van der Waals surface area contributed by atoms with Gasteiger partial charge in [-0.25, -0.2) is 4.98 Å².